The average molecular weight is 241 g/mol. The molecule has 0 bridgehead atoms. The van der Waals surface area contributed by atoms with Gasteiger partial charge < -0.3 is 9.64 Å². The van der Waals surface area contributed by atoms with Crippen LogP contribution in [0, 0.1) is 17.8 Å². The molecule has 17 heavy (non-hydrogen) atoms. The summed E-state index contributed by atoms with van der Waals surface area (Å²) in [5, 5.41) is 0. The molecule has 0 aromatic heterocycles. The van der Waals surface area contributed by atoms with Crippen molar-refractivity contribution in [2.75, 3.05) is 26.7 Å². The first kappa shape index (κ1) is 15.0. The lowest BCUT2D eigenvalue weighted by atomic mass is 9.75. The van der Waals surface area contributed by atoms with Crippen molar-refractivity contribution in [3.05, 3.63) is 0 Å². The third-order valence-electron chi connectivity index (χ3n) is 3.79. The maximum absolute atomic E-state index is 5.89. The lowest BCUT2D eigenvalue weighted by molar-refractivity contribution is -0.0450. The summed E-state index contributed by atoms with van der Waals surface area (Å²) in [6, 6.07) is 0. The highest BCUT2D eigenvalue weighted by Crippen LogP contribution is 2.35. The second-order valence-corrected chi connectivity index (χ2v) is 6.48. The van der Waals surface area contributed by atoms with E-state index in [1.165, 1.54) is 32.4 Å². The minimum absolute atomic E-state index is 0.567. The maximum Gasteiger partial charge on any atom is 0.0580 e. The summed E-state index contributed by atoms with van der Waals surface area (Å²) in [5.74, 6) is 2.52. The molecular formula is C15H31NO. The van der Waals surface area contributed by atoms with Crippen LogP contribution >= 0.6 is 0 Å². The van der Waals surface area contributed by atoms with E-state index >= 15 is 0 Å². The Bertz CT molecular complexity index is 197. The quantitative estimate of drug-likeness (QED) is 0.604. The van der Waals surface area contributed by atoms with Gasteiger partial charge in [0.15, 0.2) is 0 Å². The molecule has 2 nitrogen and oxygen atoms in total. The Hall–Kier alpha value is -0.0800. The van der Waals surface area contributed by atoms with Crippen molar-refractivity contribution >= 4 is 0 Å². The molecule has 0 aromatic carbocycles. The Morgan fingerprint density at radius 3 is 2.35 bits per heavy atom. The van der Waals surface area contributed by atoms with Gasteiger partial charge in [0.05, 0.1) is 6.10 Å². The van der Waals surface area contributed by atoms with Crippen LogP contribution in [0.3, 0.4) is 0 Å². The summed E-state index contributed by atoms with van der Waals surface area (Å²) in [6.45, 7) is 12.5. The first-order chi connectivity index (χ1) is 7.99. The Balaban J connectivity index is 1.92. The first-order valence-corrected chi connectivity index (χ1v) is 7.29. The SMILES string of the molecule is CC(C)CN(C)CCCOC1CC(C(C)C)C1. The lowest BCUT2D eigenvalue weighted by Crippen LogP contribution is -2.35. The van der Waals surface area contributed by atoms with Crippen LogP contribution in [0.25, 0.3) is 0 Å². The molecule has 1 rings (SSSR count). The molecule has 0 amide bonds. The largest absolute Gasteiger partial charge is 0.378 e. The highest BCUT2D eigenvalue weighted by atomic mass is 16.5. The van der Waals surface area contributed by atoms with Gasteiger partial charge in [0.2, 0.25) is 0 Å². The molecule has 0 radical (unpaired) electrons. The first-order valence-electron chi connectivity index (χ1n) is 7.29. The van der Waals surface area contributed by atoms with Gasteiger partial charge in [-0.1, -0.05) is 27.7 Å². The third kappa shape index (κ3) is 5.87. The summed E-state index contributed by atoms with van der Waals surface area (Å²) in [4.78, 5) is 2.41. The zero-order valence-electron chi connectivity index (χ0n) is 12.4. The van der Waals surface area contributed by atoms with Gasteiger partial charge >= 0.3 is 0 Å². The van der Waals surface area contributed by atoms with Crippen LogP contribution in [0.5, 0.6) is 0 Å². The van der Waals surface area contributed by atoms with E-state index in [1.54, 1.807) is 0 Å². The predicted molar refractivity (Wildman–Crippen MR) is 74.3 cm³/mol. The van der Waals surface area contributed by atoms with Gasteiger partial charge in [-0.25, -0.2) is 0 Å². The fraction of sp³-hybridized carbons (Fsp3) is 1.00. The van der Waals surface area contributed by atoms with Gasteiger partial charge in [-0.3, -0.25) is 0 Å². The molecule has 0 spiro atoms. The highest BCUT2D eigenvalue weighted by Gasteiger charge is 2.31. The van der Waals surface area contributed by atoms with Crippen molar-refractivity contribution in [1.29, 1.82) is 0 Å². The zero-order valence-corrected chi connectivity index (χ0v) is 12.4. The van der Waals surface area contributed by atoms with Crippen molar-refractivity contribution in [2.24, 2.45) is 17.8 Å². The van der Waals surface area contributed by atoms with E-state index in [4.69, 9.17) is 4.74 Å². The molecule has 102 valence electrons. The zero-order chi connectivity index (χ0) is 12.8. The summed E-state index contributed by atoms with van der Waals surface area (Å²) in [6.07, 6.45) is 4.32. The van der Waals surface area contributed by atoms with Crippen molar-refractivity contribution in [1.82, 2.24) is 4.90 Å². The van der Waals surface area contributed by atoms with Crippen LogP contribution < -0.4 is 0 Å². The van der Waals surface area contributed by atoms with E-state index in [0.717, 1.165) is 24.4 Å². The average Bonchev–Trinajstić information content (AvgIpc) is 2.12. The van der Waals surface area contributed by atoms with Crippen LogP contribution in [0.1, 0.15) is 47.0 Å². The van der Waals surface area contributed by atoms with Crippen molar-refractivity contribution in [3.8, 4) is 0 Å². The Kier molecular flexibility index (Phi) is 6.50. The summed E-state index contributed by atoms with van der Waals surface area (Å²) in [7, 11) is 2.21. The maximum atomic E-state index is 5.89. The van der Waals surface area contributed by atoms with Crippen molar-refractivity contribution < 1.29 is 4.74 Å². The second kappa shape index (κ2) is 7.38. The monoisotopic (exact) mass is 241 g/mol. The topological polar surface area (TPSA) is 12.5 Å². The number of hydrogen-bond donors (Lipinski definition) is 0. The summed E-state index contributed by atoms with van der Waals surface area (Å²) >= 11 is 0. The fourth-order valence-electron chi connectivity index (χ4n) is 2.59. The summed E-state index contributed by atoms with van der Waals surface area (Å²) < 4.78 is 5.89. The third-order valence-corrected chi connectivity index (χ3v) is 3.79. The summed E-state index contributed by atoms with van der Waals surface area (Å²) in [5.41, 5.74) is 0. The number of nitrogens with zero attached hydrogens (tertiary/aromatic N) is 1. The van der Waals surface area contributed by atoms with Gasteiger partial charge in [-0.2, -0.15) is 0 Å². The van der Waals surface area contributed by atoms with Gasteiger partial charge in [0.25, 0.3) is 0 Å². The Morgan fingerprint density at radius 1 is 1.18 bits per heavy atom. The van der Waals surface area contributed by atoms with Crippen LogP contribution in [-0.4, -0.2) is 37.7 Å². The molecule has 0 atom stereocenters. The van der Waals surface area contributed by atoms with Crippen LogP contribution in [0.4, 0.5) is 0 Å². The van der Waals surface area contributed by atoms with Crippen LogP contribution in [0.2, 0.25) is 0 Å². The highest BCUT2D eigenvalue weighted by molar-refractivity contribution is 4.82. The van der Waals surface area contributed by atoms with Crippen LogP contribution in [0.15, 0.2) is 0 Å². The smallest absolute Gasteiger partial charge is 0.0580 e. The van der Waals surface area contributed by atoms with Crippen molar-refractivity contribution in [2.45, 2.75) is 53.1 Å². The molecule has 1 aliphatic rings. The van der Waals surface area contributed by atoms with E-state index < -0.39 is 0 Å². The Labute approximate surface area is 108 Å². The normalized spacial score (nSPS) is 24.7. The van der Waals surface area contributed by atoms with Gasteiger partial charge in [-0.15, -0.1) is 0 Å². The lowest BCUT2D eigenvalue weighted by Gasteiger charge is -2.37. The molecule has 1 aliphatic carbocycles. The van der Waals surface area contributed by atoms with E-state index in [2.05, 4.69) is 39.6 Å². The molecule has 0 heterocycles. The molecule has 1 fully saturated rings. The van der Waals surface area contributed by atoms with E-state index in [1.807, 2.05) is 0 Å². The molecule has 0 saturated heterocycles. The molecule has 0 unspecified atom stereocenters. The van der Waals surface area contributed by atoms with Gasteiger partial charge in [-0.05, 0) is 44.1 Å². The number of ether oxygens (including phenoxy) is 1. The standard InChI is InChI=1S/C15H31NO/c1-12(2)11-16(5)7-6-8-17-15-9-14(10-15)13(3)4/h12-15H,6-11H2,1-5H3. The second-order valence-electron chi connectivity index (χ2n) is 6.48. The minimum Gasteiger partial charge on any atom is -0.378 e. The predicted octanol–water partition coefficient (Wildman–Crippen LogP) is 3.42. The van der Waals surface area contributed by atoms with Gasteiger partial charge in [0.1, 0.15) is 0 Å². The molecule has 0 aliphatic heterocycles. The van der Waals surface area contributed by atoms with E-state index in [0.29, 0.717) is 6.10 Å². The molecule has 0 aromatic rings. The molecule has 0 N–H and O–H groups in total. The van der Waals surface area contributed by atoms with Crippen molar-refractivity contribution in [3.63, 3.8) is 0 Å². The number of rotatable bonds is 8. The number of hydrogen-bond acceptors (Lipinski definition) is 2. The van der Waals surface area contributed by atoms with Crippen LogP contribution in [-0.2, 0) is 4.74 Å². The molecular weight excluding hydrogens is 210 g/mol. The Morgan fingerprint density at radius 2 is 1.82 bits per heavy atom. The fourth-order valence-corrected chi connectivity index (χ4v) is 2.59. The molecule has 1 saturated carbocycles. The van der Waals surface area contributed by atoms with E-state index in [9.17, 15) is 0 Å². The molecule has 2 heteroatoms. The van der Waals surface area contributed by atoms with E-state index in [-0.39, 0.29) is 0 Å². The van der Waals surface area contributed by atoms with Gasteiger partial charge in [0, 0.05) is 19.7 Å². The minimum atomic E-state index is 0.567.